The molecule has 3 aromatic rings. The van der Waals surface area contributed by atoms with E-state index in [1.165, 1.54) is 11.1 Å². The molecule has 0 N–H and O–H groups in total. The van der Waals surface area contributed by atoms with Gasteiger partial charge in [0.2, 0.25) is 17.7 Å². The Bertz CT molecular complexity index is 1510. The lowest BCUT2D eigenvalue weighted by atomic mass is 9.89. The molecule has 0 bridgehead atoms. The molecule has 52 heavy (non-hydrogen) atoms. The number of amides is 3. The minimum absolute atomic E-state index is 0.0572. The molecular weight excluding hydrogens is 850 g/mol. The van der Waals surface area contributed by atoms with Crippen molar-refractivity contribution in [2.24, 2.45) is 17.8 Å². The summed E-state index contributed by atoms with van der Waals surface area (Å²) in [4.78, 5) is 51.7. The van der Waals surface area contributed by atoms with Gasteiger partial charge in [-0.2, -0.15) is 0 Å². The van der Waals surface area contributed by atoms with Gasteiger partial charge in [0.1, 0.15) is 0 Å². The van der Waals surface area contributed by atoms with Crippen molar-refractivity contribution >= 4 is 71.3 Å². The van der Waals surface area contributed by atoms with Gasteiger partial charge in [-0.1, -0.05) is 84.2 Å². The van der Waals surface area contributed by atoms with Crippen LogP contribution in [0, 0.1) is 17.8 Å². The molecule has 0 aromatic heterocycles. The molecule has 3 aliphatic heterocycles. The lowest BCUT2D eigenvalue weighted by Crippen LogP contribution is -2.39. The number of hydrogen-bond donors (Lipinski definition) is 0. The van der Waals surface area contributed by atoms with E-state index < -0.39 is 0 Å². The smallest absolute Gasteiger partial charge is 0.219 e. The van der Waals surface area contributed by atoms with E-state index >= 15 is 0 Å². The van der Waals surface area contributed by atoms with Gasteiger partial charge in [-0.3, -0.25) is 19.2 Å². The fourth-order valence-electron chi connectivity index (χ4n) is 7.12. The third-order valence-corrected chi connectivity index (χ3v) is 12.0. The van der Waals surface area contributed by atoms with Crippen molar-refractivity contribution in [3.05, 3.63) is 103 Å². The second-order valence-corrected chi connectivity index (χ2v) is 17.0. The third kappa shape index (κ3) is 13.9. The van der Waals surface area contributed by atoms with Crippen LogP contribution in [0.3, 0.4) is 0 Å². The van der Waals surface area contributed by atoms with E-state index in [1.54, 1.807) is 20.8 Å². The summed E-state index contributed by atoms with van der Waals surface area (Å²) in [5.41, 5.74) is 3.56. The first-order valence-corrected chi connectivity index (χ1v) is 20.8. The van der Waals surface area contributed by atoms with E-state index in [0.717, 1.165) is 108 Å². The highest BCUT2D eigenvalue weighted by Crippen LogP contribution is 2.25. The average molecular weight is 903 g/mol. The molecule has 0 spiro atoms. The number of carbonyl (C=O) groups is 4. The van der Waals surface area contributed by atoms with Crippen molar-refractivity contribution in [2.45, 2.75) is 72.1 Å². The quantitative estimate of drug-likeness (QED) is 0.231. The van der Waals surface area contributed by atoms with Gasteiger partial charge in [0, 0.05) is 84.9 Å². The Hall–Kier alpha value is -2.82. The largest absolute Gasteiger partial charge is 0.343 e. The Morgan fingerprint density at radius 3 is 1.08 bits per heavy atom. The molecule has 3 saturated heterocycles. The summed E-state index contributed by atoms with van der Waals surface area (Å²) in [5, 5.41) is 0. The highest BCUT2D eigenvalue weighted by molar-refractivity contribution is 9.11. The first-order chi connectivity index (χ1) is 24.9. The number of piperidine rings is 3. The van der Waals surface area contributed by atoms with Gasteiger partial charge in [0.25, 0.3) is 0 Å². The first kappa shape index (κ1) is 41.9. The standard InChI is InChI=1S/C14H16BrNO2.2C14H18BrNO/c1-10(17)16-8-6-12(7-9-16)14(18)11-2-4-13(15)5-3-11;2*1-11(17)16-8-6-13(7-9-16)10-12-2-4-14(15)5-3-12/h2-5,12H,6-9H2,1H3;2*2-5,13H,6-10H2,1H3. The van der Waals surface area contributed by atoms with Crippen LogP contribution in [0.15, 0.2) is 86.2 Å². The Balaban J connectivity index is 0.000000175. The number of rotatable bonds is 6. The lowest BCUT2D eigenvalue weighted by molar-refractivity contribution is -0.131. The Labute approximate surface area is 335 Å². The molecule has 3 heterocycles. The molecule has 3 aliphatic rings. The highest BCUT2D eigenvalue weighted by atomic mass is 79.9. The maximum Gasteiger partial charge on any atom is 0.219 e. The van der Waals surface area contributed by atoms with Crippen LogP contribution in [0.25, 0.3) is 0 Å². The van der Waals surface area contributed by atoms with Crippen LogP contribution in [0.1, 0.15) is 80.8 Å². The van der Waals surface area contributed by atoms with E-state index in [1.807, 2.05) is 39.0 Å². The molecule has 3 aromatic carbocycles. The van der Waals surface area contributed by atoms with Gasteiger partial charge >= 0.3 is 0 Å². The van der Waals surface area contributed by atoms with E-state index in [4.69, 9.17) is 0 Å². The van der Waals surface area contributed by atoms with Crippen molar-refractivity contribution in [3.8, 4) is 0 Å². The number of carbonyl (C=O) groups excluding carboxylic acids is 4. The minimum Gasteiger partial charge on any atom is -0.343 e. The monoisotopic (exact) mass is 899 g/mol. The third-order valence-electron chi connectivity index (χ3n) is 10.4. The molecule has 3 fully saturated rings. The zero-order chi connectivity index (χ0) is 37.6. The summed E-state index contributed by atoms with van der Waals surface area (Å²) in [5.74, 6) is 2.25. The summed E-state index contributed by atoms with van der Waals surface area (Å²) in [7, 11) is 0. The van der Waals surface area contributed by atoms with Crippen molar-refractivity contribution in [3.63, 3.8) is 0 Å². The topological polar surface area (TPSA) is 78.0 Å². The van der Waals surface area contributed by atoms with Crippen LogP contribution in [0.2, 0.25) is 0 Å². The number of ketones is 1. The van der Waals surface area contributed by atoms with Crippen LogP contribution < -0.4 is 0 Å². The van der Waals surface area contributed by atoms with E-state index in [9.17, 15) is 19.2 Å². The van der Waals surface area contributed by atoms with Crippen molar-refractivity contribution < 1.29 is 19.2 Å². The molecule has 0 atom stereocenters. The zero-order valence-corrected chi connectivity index (χ0v) is 35.4. The van der Waals surface area contributed by atoms with Gasteiger partial charge in [0.05, 0.1) is 0 Å². The number of halogens is 3. The molecular formula is C42H52Br3N3O4. The maximum absolute atomic E-state index is 12.3. The SMILES string of the molecule is CC(=O)N1CCC(C(=O)c2ccc(Br)cc2)CC1.CC(=O)N1CCC(Cc2ccc(Br)cc2)CC1.CC(=O)N1CCC(Cc2ccc(Br)cc2)CC1. The Kier molecular flexibility index (Phi) is 17.1. The minimum atomic E-state index is 0.0572. The molecule has 0 aliphatic carbocycles. The molecule has 7 nitrogen and oxygen atoms in total. The number of hydrogen-bond acceptors (Lipinski definition) is 4. The molecule has 0 saturated carbocycles. The summed E-state index contributed by atoms with van der Waals surface area (Å²) in [6.45, 7) is 10.0. The van der Waals surface area contributed by atoms with Crippen molar-refractivity contribution in [1.29, 1.82) is 0 Å². The number of likely N-dealkylation sites (tertiary alicyclic amines) is 3. The Morgan fingerprint density at radius 2 is 0.769 bits per heavy atom. The normalized spacial score (nSPS) is 17.0. The predicted molar refractivity (Wildman–Crippen MR) is 219 cm³/mol. The maximum atomic E-state index is 12.3. The van der Waals surface area contributed by atoms with Gasteiger partial charge in [-0.05, 0) is 111 Å². The van der Waals surface area contributed by atoms with E-state index in [2.05, 4.69) is 96.3 Å². The molecule has 0 radical (unpaired) electrons. The second-order valence-electron chi connectivity index (χ2n) is 14.2. The molecule has 0 unspecified atom stereocenters. The molecule has 280 valence electrons. The summed E-state index contributed by atoms with van der Waals surface area (Å²) >= 11 is 10.3. The predicted octanol–water partition coefficient (Wildman–Crippen LogP) is 9.39. The van der Waals surface area contributed by atoms with Crippen LogP contribution in [-0.2, 0) is 27.2 Å². The van der Waals surface area contributed by atoms with Crippen molar-refractivity contribution in [1.82, 2.24) is 14.7 Å². The van der Waals surface area contributed by atoms with Crippen LogP contribution in [0.4, 0.5) is 0 Å². The van der Waals surface area contributed by atoms with Crippen LogP contribution >= 0.6 is 47.8 Å². The first-order valence-electron chi connectivity index (χ1n) is 18.4. The zero-order valence-electron chi connectivity index (χ0n) is 30.7. The summed E-state index contributed by atoms with van der Waals surface area (Å²) in [6, 6.07) is 24.6. The Morgan fingerprint density at radius 1 is 0.481 bits per heavy atom. The van der Waals surface area contributed by atoms with Gasteiger partial charge < -0.3 is 14.7 Å². The molecule has 6 rings (SSSR count). The van der Waals surface area contributed by atoms with Crippen LogP contribution in [-0.4, -0.2) is 77.5 Å². The second kappa shape index (κ2) is 21.2. The van der Waals surface area contributed by atoms with Crippen LogP contribution in [0.5, 0.6) is 0 Å². The molecule has 3 amide bonds. The van der Waals surface area contributed by atoms with Gasteiger partial charge in [-0.25, -0.2) is 0 Å². The number of nitrogens with zero attached hydrogens (tertiary/aromatic N) is 3. The van der Waals surface area contributed by atoms with E-state index in [0.29, 0.717) is 13.1 Å². The number of benzene rings is 3. The fraction of sp³-hybridized carbons (Fsp3) is 0.476. The van der Waals surface area contributed by atoms with Gasteiger partial charge in [-0.15, -0.1) is 0 Å². The molecule has 10 heteroatoms. The van der Waals surface area contributed by atoms with Gasteiger partial charge in [0.15, 0.2) is 5.78 Å². The summed E-state index contributed by atoms with van der Waals surface area (Å²) in [6.07, 6.45) is 8.36. The highest BCUT2D eigenvalue weighted by Gasteiger charge is 2.27. The fourth-order valence-corrected chi connectivity index (χ4v) is 7.91. The lowest BCUT2D eigenvalue weighted by Gasteiger charge is -2.31. The van der Waals surface area contributed by atoms with Crippen molar-refractivity contribution in [2.75, 3.05) is 39.3 Å². The summed E-state index contributed by atoms with van der Waals surface area (Å²) < 4.78 is 3.24. The van der Waals surface area contributed by atoms with E-state index in [-0.39, 0.29) is 29.4 Å². The average Bonchev–Trinajstić information content (AvgIpc) is 3.14. The number of Topliss-reactive ketones (excluding diaryl/α,β-unsaturated/α-hetero) is 1.